The van der Waals surface area contributed by atoms with Gasteiger partial charge in [-0.2, -0.15) is 0 Å². The zero-order valence-corrected chi connectivity index (χ0v) is 25.3. The van der Waals surface area contributed by atoms with Gasteiger partial charge in [-0.25, -0.2) is 0 Å². The second kappa shape index (κ2) is 16.2. The molecule has 2 aliphatic heterocycles. The maximum Gasteiger partial charge on any atom is 0.255 e. The van der Waals surface area contributed by atoms with Crippen molar-refractivity contribution >= 4 is 36.0 Å². The number of anilines is 2. The van der Waals surface area contributed by atoms with Crippen molar-refractivity contribution in [3.05, 3.63) is 88.5 Å². The highest BCUT2D eigenvalue weighted by Gasteiger charge is 2.35. The average molecular weight is 617 g/mol. The van der Waals surface area contributed by atoms with Crippen LogP contribution in [0.1, 0.15) is 52.4 Å². The Labute approximate surface area is 262 Å². The van der Waals surface area contributed by atoms with Crippen molar-refractivity contribution in [2.24, 2.45) is 11.5 Å². The fourth-order valence-corrected chi connectivity index (χ4v) is 5.17. The number of primary amides is 1. The summed E-state index contributed by atoms with van der Waals surface area (Å²) < 4.78 is 11.3. The Balaban J connectivity index is 0.00000148. The number of fused-ring (bicyclic) bond motifs is 1. The van der Waals surface area contributed by atoms with E-state index in [1.807, 2.05) is 67.6 Å². The molecule has 1 atom stereocenters. The van der Waals surface area contributed by atoms with E-state index in [0.717, 1.165) is 39.4 Å². The number of ether oxygens (including phenoxy) is 2. The minimum absolute atomic E-state index is 0.0834. The zero-order chi connectivity index (χ0) is 32.2. The van der Waals surface area contributed by atoms with Gasteiger partial charge >= 0.3 is 0 Å². The SMILES string of the molecule is CCCC(C(=O)NC=O)N1Cc2cc(CNc3ccc(NCc4ccc(CN)cc4OC4COC4)cc3)ccc2C1=O.NC=O. The summed E-state index contributed by atoms with van der Waals surface area (Å²) in [6.45, 7) is 5.16. The molecule has 0 aliphatic carbocycles. The van der Waals surface area contributed by atoms with Gasteiger partial charge in [0.25, 0.3) is 5.91 Å². The van der Waals surface area contributed by atoms with E-state index in [1.165, 1.54) is 0 Å². The second-order valence-electron chi connectivity index (χ2n) is 10.7. The maximum absolute atomic E-state index is 13.0. The minimum atomic E-state index is -0.671. The first-order chi connectivity index (χ1) is 21.9. The predicted molar refractivity (Wildman–Crippen MR) is 170 cm³/mol. The summed E-state index contributed by atoms with van der Waals surface area (Å²) in [5.74, 6) is 0.203. The molecular formula is C33H40N6O6. The van der Waals surface area contributed by atoms with Crippen LogP contribution in [0.25, 0.3) is 0 Å². The first-order valence-electron chi connectivity index (χ1n) is 14.9. The van der Waals surface area contributed by atoms with E-state index in [1.54, 1.807) is 4.90 Å². The lowest BCUT2D eigenvalue weighted by atomic mass is 10.1. The standard InChI is InChI=1S/C32H37N5O5.CH3NO/c1-2-3-29(31(39)36-20-38)37-17-24-12-22(5-11-28(24)32(37)40)15-34-25-7-9-26(10-8-25)35-16-23-6-4-21(14-33)13-30(23)42-27-18-41-19-27;2-1-3/h4-13,20,27,29,34-35H,2-3,14-19,33H2,1H3,(H,36,38,39);1H,(H2,2,3). The number of carbonyl (C=O) groups is 4. The van der Waals surface area contributed by atoms with Crippen LogP contribution in [-0.2, 0) is 45.3 Å². The summed E-state index contributed by atoms with van der Waals surface area (Å²) in [7, 11) is 0. The Bertz CT molecular complexity index is 1480. The van der Waals surface area contributed by atoms with Crippen molar-refractivity contribution in [2.45, 2.75) is 58.1 Å². The van der Waals surface area contributed by atoms with Gasteiger partial charge in [-0.15, -0.1) is 0 Å². The topological polar surface area (TPSA) is 178 Å². The van der Waals surface area contributed by atoms with Crippen LogP contribution in [0.2, 0.25) is 0 Å². The van der Waals surface area contributed by atoms with Gasteiger partial charge in [-0.05, 0) is 59.5 Å². The second-order valence-corrected chi connectivity index (χ2v) is 10.7. The summed E-state index contributed by atoms with van der Waals surface area (Å²) in [4.78, 5) is 46.4. The van der Waals surface area contributed by atoms with Crippen molar-refractivity contribution in [1.82, 2.24) is 10.2 Å². The van der Waals surface area contributed by atoms with Crippen LogP contribution in [0.3, 0.4) is 0 Å². The van der Waals surface area contributed by atoms with Crippen LogP contribution in [0, 0.1) is 0 Å². The highest BCUT2D eigenvalue weighted by Crippen LogP contribution is 2.28. The third-order valence-corrected chi connectivity index (χ3v) is 7.58. The van der Waals surface area contributed by atoms with E-state index in [2.05, 4.69) is 21.7 Å². The van der Waals surface area contributed by atoms with Gasteiger partial charge in [0.2, 0.25) is 18.7 Å². The van der Waals surface area contributed by atoms with E-state index in [0.29, 0.717) is 64.2 Å². The molecule has 0 radical (unpaired) electrons. The van der Waals surface area contributed by atoms with E-state index < -0.39 is 11.9 Å². The Morgan fingerprint density at radius 2 is 1.69 bits per heavy atom. The van der Waals surface area contributed by atoms with Gasteiger partial charge in [0.05, 0.1) is 13.2 Å². The Kier molecular flexibility index (Phi) is 11.9. The van der Waals surface area contributed by atoms with E-state index >= 15 is 0 Å². The number of imide groups is 1. The van der Waals surface area contributed by atoms with Crippen molar-refractivity contribution in [3.8, 4) is 5.75 Å². The summed E-state index contributed by atoms with van der Waals surface area (Å²) in [6.07, 6.45) is 1.91. The lowest BCUT2D eigenvalue weighted by Crippen LogP contribution is -2.46. The van der Waals surface area contributed by atoms with Crippen molar-refractivity contribution in [2.75, 3.05) is 23.8 Å². The molecule has 45 heavy (non-hydrogen) atoms. The molecule has 7 N–H and O–H groups in total. The molecule has 3 aromatic carbocycles. The van der Waals surface area contributed by atoms with Crippen LogP contribution < -0.4 is 32.2 Å². The lowest BCUT2D eigenvalue weighted by Gasteiger charge is -2.28. The largest absolute Gasteiger partial charge is 0.485 e. The number of hydrogen-bond acceptors (Lipinski definition) is 9. The van der Waals surface area contributed by atoms with E-state index in [9.17, 15) is 14.4 Å². The van der Waals surface area contributed by atoms with Crippen LogP contribution >= 0.6 is 0 Å². The molecule has 1 unspecified atom stereocenters. The van der Waals surface area contributed by atoms with Gasteiger partial charge in [0.15, 0.2) is 0 Å². The molecule has 12 nitrogen and oxygen atoms in total. The van der Waals surface area contributed by atoms with E-state index in [4.69, 9.17) is 20.0 Å². The molecular weight excluding hydrogens is 576 g/mol. The number of hydrogen-bond donors (Lipinski definition) is 5. The van der Waals surface area contributed by atoms with Gasteiger partial charge < -0.3 is 36.5 Å². The molecule has 2 aliphatic rings. The van der Waals surface area contributed by atoms with Crippen LogP contribution in [-0.4, -0.2) is 54.9 Å². The molecule has 1 saturated heterocycles. The summed E-state index contributed by atoms with van der Waals surface area (Å²) in [5, 5.41) is 9.10. The minimum Gasteiger partial charge on any atom is -0.485 e. The molecule has 0 spiro atoms. The van der Waals surface area contributed by atoms with E-state index in [-0.39, 0.29) is 18.4 Å². The van der Waals surface area contributed by atoms with Gasteiger partial charge in [0.1, 0.15) is 17.9 Å². The molecule has 0 aromatic heterocycles. The van der Waals surface area contributed by atoms with Crippen LogP contribution in [0.5, 0.6) is 5.75 Å². The first kappa shape index (κ1) is 33.0. The molecule has 0 bridgehead atoms. The monoisotopic (exact) mass is 616 g/mol. The molecule has 3 aromatic rings. The fourth-order valence-electron chi connectivity index (χ4n) is 5.17. The van der Waals surface area contributed by atoms with Crippen LogP contribution in [0.15, 0.2) is 60.7 Å². The third kappa shape index (κ3) is 8.58. The third-order valence-electron chi connectivity index (χ3n) is 7.58. The lowest BCUT2D eigenvalue weighted by molar-refractivity contribution is -0.129. The van der Waals surface area contributed by atoms with Crippen LogP contribution in [0.4, 0.5) is 11.4 Å². The summed E-state index contributed by atoms with van der Waals surface area (Å²) in [6, 6.07) is 19.2. The van der Waals surface area contributed by atoms with Crippen molar-refractivity contribution < 1.29 is 28.7 Å². The zero-order valence-electron chi connectivity index (χ0n) is 25.3. The maximum atomic E-state index is 13.0. The Morgan fingerprint density at radius 1 is 1.02 bits per heavy atom. The Hall–Kier alpha value is -4.94. The quantitative estimate of drug-likeness (QED) is 0.170. The van der Waals surface area contributed by atoms with Crippen molar-refractivity contribution in [1.29, 1.82) is 0 Å². The summed E-state index contributed by atoms with van der Waals surface area (Å²) >= 11 is 0. The fraction of sp³-hybridized carbons (Fsp3) is 0.333. The number of benzene rings is 3. The average Bonchev–Trinajstić information content (AvgIpc) is 3.35. The molecule has 12 heteroatoms. The van der Waals surface area contributed by atoms with Gasteiger partial charge in [-0.3, -0.25) is 24.5 Å². The molecule has 4 amide bonds. The number of nitrogens with one attached hydrogen (secondary N) is 3. The molecule has 5 rings (SSSR count). The van der Waals surface area contributed by atoms with Crippen molar-refractivity contribution in [3.63, 3.8) is 0 Å². The predicted octanol–water partition coefficient (Wildman–Crippen LogP) is 2.65. The number of nitrogens with two attached hydrogens (primary N) is 2. The first-order valence-corrected chi connectivity index (χ1v) is 14.9. The molecule has 0 saturated carbocycles. The van der Waals surface area contributed by atoms with Gasteiger partial charge in [-0.1, -0.05) is 37.6 Å². The molecule has 238 valence electrons. The number of amides is 4. The number of carbonyl (C=O) groups excluding carboxylic acids is 4. The number of nitrogens with zero attached hydrogens (tertiary/aromatic N) is 1. The summed E-state index contributed by atoms with van der Waals surface area (Å²) in [5.41, 5.74) is 16.5. The molecule has 1 fully saturated rings. The highest BCUT2D eigenvalue weighted by molar-refractivity contribution is 6.02. The Morgan fingerprint density at radius 3 is 2.29 bits per heavy atom. The number of rotatable bonds is 14. The normalized spacial score (nSPS) is 14.3. The van der Waals surface area contributed by atoms with Gasteiger partial charge in [0, 0.05) is 48.7 Å². The highest BCUT2D eigenvalue weighted by atomic mass is 16.6. The molecule has 2 heterocycles. The smallest absolute Gasteiger partial charge is 0.255 e.